The lowest BCUT2D eigenvalue weighted by Crippen LogP contribution is -2.20. The zero-order valence-corrected chi connectivity index (χ0v) is 15.7. The summed E-state index contributed by atoms with van der Waals surface area (Å²) in [6.45, 7) is 0.955. The number of benzene rings is 2. The van der Waals surface area contributed by atoms with Crippen LogP contribution in [-0.2, 0) is 28.9 Å². The van der Waals surface area contributed by atoms with Gasteiger partial charge in [-0.2, -0.15) is 18.2 Å². The molecule has 0 aliphatic rings. The molecule has 154 valence electrons. The van der Waals surface area contributed by atoms with Crippen LogP contribution in [0.25, 0.3) is 22.5 Å². The van der Waals surface area contributed by atoms with Gasteiger partial charge in [0.05, 0.1) is 11.0 Å². The summed E-state index contributed by atoms with van der Waals surface area (Å²) < 4.78 is 50.9. The van der Waals surface area contributed by atoms with Crippen molar-refractivity contribution in [1.82, 2.24) is 19.7 Å². The van der Waals surface area contributed by atoms with Crippen LogP contribution in [0.5, 0.6) is 0 Å². The third kappa shape index (κ3) is 4.02. The summed E-state index contributed by atoms with van der Waals surface area (Å²) in [5.74, 6) is -1.70. The van der Waals surface area contributed by atoms with Gasteiger partial charge < -0.3 is 13.8 Å². The van der Waals surface area contributed by atoms with Gasteiger partial charge in [0.2, 0.25) is 11.6 Å². The Morgan fingerprint density at radius 3 is 2.57 bits per heavy atom. The lowest BCUT2D eigenvalue weighted by atomic mass is 10.1. The summed E-state index contributed by atoms with van der Waals surface area (Å²) >= 11 is 0. The van der Waals surface area contributed by atoms with Crippen molar-refractivity contribution in [1.29, 1.82) is 0 Å². The number of imidazole rings is 1. The van der Waals surface area contributed by atoms with Crippen molar-refractivity contribution in [2.75, 3.05) is 0 Å². The first-order valence-electron chi connectivity index (χ1n) is 8.89. The van der Waals surface area contributed by atoms with Crippen LogP contribution in [-0.4, -0.2) is 25.7 Å². The molecule has 30 heavy (non-hydrogen) atoms. The number of esters is 1. The highest BCUT2D eigenvalue weighted by Crippen LogP contribution is 2.31. The van der Waals surface area contributed by atoms with Crippen molar-refractivity contribution in [2.45, 2.75) is 26.3 Å². The topological polar surface area (TPSA) is 83.0 Å². The first kappa shape index (κ1) is 19.6. The first-order valence-corrected chi connectivity index (χ1v) is 8.89. The Hall–Kier alpha value is -3.69. The fourth-order valence-corrected chi connectivity index (χ4v) is 2.90. The second-order valence-electron chi connectivity index (χ2n) is 6.55. The predicted octanol–water partition coefficient (Wildman–Crippen LogP) is 4.16. The van der Waals surface area contributed by atoms with E-state index in [2.05, 4.69) is 15.1 Å². The van der Waals surface area contributed by atoms with Crippen LogP contribution in [0, 0.1) is 6.92 Å². The fraction of sp³-hybridized carbons (Fsp3) is 0.200. The van der Waals surface area contributed by atoms with Crippen molar-refractivity contribution < 1.29 is 27.2 Å². The molecule has 0 bridgehead atoms. The molecule has 4 rings (SSSR count). The molecule has 0 N–H and O–H groups in total. The summed E-state index contributed by atoms with van der Waals surface area (Å²) in [4.78, 5) is 19.9. The Bertz CT molecular complexity index is 1200. The van der Waals surface area contributed by atoms with Crippen LogP contribution in [0.15, 0.2) is 53.1 Å². The van der Waals surface area contributed by atoms with Crippen molar-refractivity contribution >= 4 is 17.0 Å². The Morgan fingerprint density at radius 1 is 1.10 bits per heavy atom. The number of carbonyl (C=O) groups is 1. The summed E-state index contributed by atoms with van der Waals surface area (Å²) in [5.41, 5.74) is 2.09. The number of nitrogens with zero attached hydrogens (tertiary/aromatic N) is 4. The molecule has 10 heteroatoms. The second kappa shape index (κ2) is 7.62. The first-order chi connectivity index (χ1) is 14.3. The molecule has 0 saturated carbocycles. The molecule has 0 radical (unpaired) electrons. The fourth-order valence-electron chi connectivity index (χ4n) is 2.90. The highest BCUT2D eigenvalue weighted by atomic mass is 19.4. The SMILES string of the molecule is Cc1ccc(-c2nc(COC(=O)Cn3c(C(F)(F)F)nc4ccccc43)no2)cc1. The third-order valence-electron chi connectivity index (χ3n) is 4.32. The Labute approximate surface area is 168 Å². The molecule has 2 aromatic carbocycles. The number of halogens is 3. The van der Waals surface area contributed by atoms with E-state index < -0.39 is 24.5 Å². The van der Waals surface area contributed by atoms with Crippen molar-refractivity contribution in [3.05, 3.63) is 65.7 Å². The van der Waals surface area contributed by atoms with Gasteiger partial charge in [-0.3, -0.25) is 4.79 Å². The number of aromatic nitrogens is 4. The molecule has 4 aromatic rings. The van der Waals surface area contributed by atoms with Crippen LogP contribution in [0.2, 0.25) is 0 Å². The van der Waals surface area contributed by atoms with Crippen molar-refractivity contribution in [3.8, 4) is 11.5 Å². The molecule has 0 aliphatic carbocycles. The quantitative estimate of drug-likeness (QED) is 0.455. The van der Waals surface area contributed by atoms with Gasteiger partial charge in [0, 0.05) is 5.56 Å². The van der Waals surface area contributed by atoms with E-state index in [1.807, 2.05) is 19.1 Å². The van der Waals surface area contributed by atoms with E-state index in [1.165, 1.54) is 12.1 Å². The minimum absolute atomic E-state index is 0.102. The summed E-state index contributed by atoms with van der Waals surface area (Å²) in [5, 5.41) is 3.73. The molecule has 0 aliphatic heterocycles. The summed E-state index contributed by atoms with van der Waals surface area (Å²) in [6.07, 6.45) is -4.71. The number of ether oxygens (including phenoxy) is 1. The normalized spacial score (nSPS) is 11.7. The Kier molecular flexibility index (Phi) is 4.98. The molecule has 0 amide bonds. The lowest BCUT2D eigenvalue weighted by Gasteiger charge is -2.10. The molecule has 0 fully saturated rings. The molecule has 0 spiro atoms. The highest BCUT2D eigenvalue weighted by Gasteiger charge is 2.38. The van der Waals surface area contributed by atoms with Crippen LogP contribution < -0.4 is 0 Å². The predicted molar refractivity (Wildman–Crippen MR) is 99.0 cm³/mol. The van der Waals surface area contributed by atoms with E-state index >= 15 is 0 Å². The van der Waals surface area contributed by atoms with E-state index in [9.17, 15) is 18.0 Å². The average Bonchev–Trinajstić information content (AvgIpc) is 3.32. The number of aryl methyl sites for hydroxylation is 1. The van der Waals surface area contributed by atoms with Crippen molar-refractivity contribution in [2.24, 2.45) is 0 Å². The standard InChI is InChI=1S/C20H15F3N4O3/c1-12-6-8-13(9-7-12)18-25-16(26-30-18)11-29-17(28)10-27-15-5-3-2-4-14(15)24-19(27)20(21,22)23/h2-9H,10-11H2,1H3. The number of hydrogen-bond acceptors (Lipinski definition) is 6. The number of carbonyl (C=O) groups excluding carboxylic acids is 1. The van der Waals surface area contributed by atoms with Crippen LogP contribution >= 0.6 is 0 Å². The smallest absolute Gasteiger partial charge is 0.449 e. The van der Waals surface area contributed by atoms with Crippen LogP contribution in [0.4, 0.5) is 13.2 Å². The summed E-state index contributed by atoms with van der Waals surface area (Å²) in [6, 6.07) is 13.4. The minimum atomic E-state index is -4.71. The van der Waals surface area contributed by atoms with E-state index in [1.54, 1.807) is 24.3 Å². The Balaban J connectivity index is 1.47. The summed E-state index contributed by atoms with van der Waals surface area (Å²) in [7, 11) is 0. The van der Waals surface area contributed by atoms with Crippen LogP contribution in [0.1, 0.15) is 17.2 Å². The van der Waals surface area contributed by atoms with Crippen molar-refractivity contribution in [3.63, 3.8) is 0 Å². The number of hydrogen-bond donors (Lipinski definition) is 0. The van der Waals surface area contributed by atoms with Crippen LogP contribution in [0.3, 0.4) is 0 Å². The molecule has 2 aromatic heterocycles. The largest absolute Gasteiger partial charge is 0.456 e. The number of rotatable bonds is 5. The van der Waals surface area contributed by atoms with Gasteiger partial charge in [0.1, 0.15) is 6.54 Å². The number of alkyl halides is 3. The average molecular weight is 416 g/mol. The van der Waals surface area contributed by atoms with Gasteiger partial charge >= 0.3 is 12.1 Å². The molecular weight excluding hydrogens is 401 g/mol. The number of fused-ring (bicyclic) bond motifs is 1. The molecule has 0 saturated heterocycles. The highest BCUT2D eigenvalue weighted by molar-refractivity contribution is 5.79. The van der Waals surface area contributed by atoms with E-state index in [0.717, 1.165) is 10.1 Å². The number of para-hydroxylation sites is 2. The molecule has 7 nitrogen and oxygen atoms in total. The van der Waals surface area contributed by atoms with Gasteiger partial charge in [-0.1, -0.05) is 35.0 Å². The zero-order chi connectivity index (χ0) is 21.3. The maximum atomic E-state index is 13.3. The van der Waals surface area contributed by atoms with E-state index in [-0.39, 0.29) is 29.4 Å². The van der Waals surface area contributed by atoms with Gasteiger partial charge in [-0.15, -0.1) is 0 Å². The van der Waals surface area contributed by atoms with Gasteiger partial charge in [0.15, 0.2) is 6.61 Å². The monoisotopic (exact) mass is 416 g/mol. The zero-order valence-electron chi connectivity index (χ0n) is 15.7. The third-order valence-corrected chi connectivity index (χ3v) is 4.32. The van der Waals surface area contributed by atoms with E-state index in [0.29, 0.717) is 5.56 Å². The van der Waals surface area contributed by atoms with Gasteiger partial charge in [-0.25, -0.2) is 4.98 Å². The Morgan fingerprint density at radius 2 is 1.83 bits per heavy atom. The lowest BCUT2D eigenvalue weighted by molar-refractivity contribution is -0.151. The molecular formula is C20H15F3N4O3. The molecule has 0 unspecified atom stereocenters. The van der Waals surface area contributed by atoms with E-state index in [4.69, 9.17) is 9.26 Å². The molecule has 2 heterocycles. The van der Waals surface area contributed by atoms with Gasteiger partial charge in [-0.05, 0) is 31.2 Å². The maximum Gasteiger partial charge on any atom is 0.449 e. The minimum Gasteiger partial charge on any atom is -0.456 e. The maximum absolute atomic E-state index is 13.3. The molecule has 0 atom stereocenters. The van der Waals surface area contributed by atoms with Gasteiger partial charge in [0.25, 0.3) is 5.89 Å². The second-order valence-corrected chi connectivity index (χ2v) is 6.55.